The van der Waals surface area contributed by atoms with Gasteiger partial charge in [0.1, 0.15) is 0 Å². The number of nitrogens with one attached hydrogen (secondary N) is 2. The molecule has 3 rings (SSSR count). The van der Waals surface area contributed by atoms with E-state index in [1.807, 2.05) is 27.8 Å². The molecule has 3 heterocycles. The number of H-pyrrole nitrogens is 1. The number of hydrogen-bond donors (Lipinski definition) is 2. The number of aromatic amines is 1. The predicted molar refractivity (Wildman–Crippen MR) is 79.3 cm³/mol. The molecule has 7 nitrogen and oxygen atoms in total. The normalized spacial score (nSPS) is 11.0. The summed E-state index contributed by atoms with van der Waals surface area (Å²) in [5.41, 5.74) is 3.70. The minimum atomic E-state index is -0.215. The van der Waals surface area contributed by atoms with Crippen LogP contribution >= 0.6 is 0 Å². The third kappa shape index (κ3) is 2.26. The van der Waals surface area contributed by atoms with Crippen LogP contribution in [0.4, 0.5) is 5.82 Å². The number of anilines is 1. The quantitative estimate of drug-likeness (QED) is 0.752. The molecule has 0 bridgehead atoms. The summed E-state index contributed by atoms with van der Waals surface area (Å²) in [5, 5.41) is 14.7. The SMILES string of the molecule is Cc1cc(C(=O)Nc2cc(C)[nH]n2)c2c(C)nn(C)c2n1. The van der Waals surface area contributed by atoms with Crippen molar-refractivity contribution in [2.24, 2.45) is 7.05 Å². The Balaban J connectivity index is 2.08. The topological polar surface area (TPSA) is 88.5 Å². The number of aryl methyl sites for hydroxylation is 4. The standard InChI is InChI=1S/C14H16N6O/c1-7-5-10(12-9(3)19-20(4)13(12)15-7)14(21)16-11-6-8(2)17-18-11/h5-6H,1-4H3,(H2,16,17,18,21). The van der Waals surface area contributed by atoms with E-state index in [4.69, 9.17) is 0 Å². The van der Waals surface area contributed by atoms with Crippen LogP contribution in [0.5, 0.6) is 0 Å². The molecule has 108 valence electrons. The maximum absolute atomic E-state index is 12.5. The van der Waals surface area contributed by atoms with Crippen LogP contribution in [0.1, 0.15) is 27.4 Å². The van der Waals surface area contributed by atoms with Gasteiger partial charge in [-0.1, -0.05) is 0 Å². The Hall–Kier alpha value is -2.70. The fourth-order valence-electron chi connectivity index (χ4n) is 2.41. The number of carbonyl (C=O) groups is 1. The third-order valence-corrected chi connectivity index (χ3v) is 3.29. The summed E-state index contributed by atoms with van der Waals surface area (Å²) in [4.78, 5) is 17.0. The molecule has 0 unspecified atom stereocenters. The van der Waals surface area contributed by atoms with Gasteiger partial charge in [0.05, 0.1) is 16.6 Å². The number of nitrogens with zero attached hydrogens (tertiary/aromatic N) is 4. The van der Waals surface area contributed by atoms with E-state index in [-0.39, 0.29) is 5.91 Å². The van der Waals surface area contributed by atoms with E-state index in [1.54, 1.807) is 16.8 Å². The first kappa shape index (κ1) is 13.3. The predicted octanol–water partition coefficient (Wildman–Crippen LogP) is 1.87. The lowest BCUT2D eigenvalue weighted by atomic mass is 10.1. The van der Waals surface area contributed by atoms with Crippen molar-refractivity contribution in [3.8, 4) is 0 Å². The number of amides is 1. The number of rotatable bonds is 2. The van der Waals surface area contributed by atoms with Crippen molar-refractivity contribution in [3.05, 3.63) is 34.8 Å². The highest BCUT2D eigenvalue weighted by atomic mass is 16.1. The third-order valence-electron chi connectivity index (χ3n) is 3.29. The van der Waals surface area contributed by atoms with Crippen molar-refractivity contribution in [2.45, 2.75) is 20.8 Å². The second kappa shape index (κ2) is 4.69. The number of fused-ring (bicyclic) bond motifs is 1. The molecule has 1 amide bonds. The highest BCUT2D eigenvalue weighted by molar-refractivity contribution is 6.12. The molecule has 2 N–H and O–H groups in total. The number of pyridine rings is 1. The van der Waals surface area contributed by atoms with Crippen LogP contribution < -0.4 is 5.32 Å². The van der Waals surface area contributed by atoms with Crippen LogP contribution in [0.25, 0.3) is 11.0 Å². The Morgan fingerprint density at radius 1 is 1.29 bits per heavy atom. The fraction of sp³-hybridized carbons (Fsp3) is 0.286. The highest BCUT2D eigenvalue weighted by Crippen LogP contribution is 2.22. The van der Waals surface area contributed by atoms with Gasteiger partial charge in [-0.05, 0) is 26.8 Å². The number of carbonyl (C=O) groups excluding carboxylic acids is 1. The van der Waals surface area contributed by atoms with Gasteiger partial charge in [0.2, 0.25) is 0 Å². The Kier molecular flexibility index (Phi) is 2.97. The van der Waals surface area contributed by atoms with Gasteiger partial charge < -0.3 is 5.32 Å². The van der Waals surface area contributed by atoms with Crippen molar-refractivity contribution in [3.63, 3.8) is 0 Å². The van der Waals surface area contributed by atoms with Gasteiger partial charge in [-0.2, -0.15) is 10.2 Å². The number of aromatic nitrogens is 5. The molecule has 0 spiro atoms. The highest BCUT2D eigenvalue weighted by Gasteiger charge is 2.18. The summed E-state index contributed by atoms with van der Waals surface area (Å²) in [5.74, 6) is 0.287. The molecule has 3 aromatic rings. The minimum Gasteiger partial charge on any atom is -0.305 e. The zero-order chi connectivity index (χ0) is 15.1. The fourth-order valence-corrected chi connectivity index (χ4v) is 2.41. The first-order valence-electron chi connectivity index (χ1n) is 6.60. The maximum atomic E-state index is 12.5. The van der Waals surface area contributed by atoms with Crippen molar-refractivity contribution >= 4 is 22.8 Å². The molecule has 0 saturated heterocycles. The van der Waals surface area contributed by atoms with Crippen LogP contribution in [0, 0.1) is 20.8 Å². The Morgan fingerprint density at radius 3 is 2.71 bits per heavy atom. The lowest BCUT2D eigenvalue weighted by Crippen LogP contribution is -2.13. The van der Waals surface area contributed by atoms with Crippen LogP contribution in [-0.4, -0.2) is 30.9 Å². The molecule has 0 aliphatic rings. The Morgan fingerprint density at radius 2 is 2.05 bits per heavy atom. The maximum Gasteiger partial charge on any atom is 0.257 e. The average Bonchev–Trinajstić information content (AvgIpc) is 2.93. The molecule has 21 heavy (non-hydrogen) atoms. The Bertz CT molecular complexity index is 845. The molecular weight excluding hydrogens is 268 g/mol. The summed E-state index contributed by atoms with van der Waals surface area (Å²) in [6.45, 7) is 5.61. The average molecular weight is 284 g/mol. The lowest BCUT2D eigenvalue weighted by Gasteiger charge is -2.05. The van der Waals surface area contributed by atoms with Crippen LogP contribution in [-0.2, 0) is 7.05 Å². The van der Waals surface area contributed by atoms with E-state index in [9.17, 15) is 4.79 Å². The van der Waals surface area contributed by atoms with Gasteiger partial charge in [-0.15, -0.1) is 0 Å². The van der Waals surface area contributed by atoms with Crippen molar-refractivity contribution in [1.82, 2.24) is 25.0 Å². The van der Waals surface area contributed by atoms with Gasteiger partial charge in [0.15, 0.2) is 11.5 Å². The van der Waals surface area contributed by atoms with E-state index in [1.165, 1.54) is 0 Å². The van der Waals surface area contributed by atoms with E-state index in [0.29, 0.717) is 17.0 Å². The molecule has 0 atom stereocenters. The molecular formula is C14H16N6O. The minimum absolute atomic E-state index is 0.215. The van der Waals surface area contributed by atoms with Crippen molar-refractivity contribution in [1.29, 1.82) is 0 Å². The van der Waals surface area contributed by atoms with E-state index < -0.39 is 0 Å². The van der Waals surface area contributed by atoms with Crippen LogP contribution in [0.15, 0.2) is 12.1 Å². The molecule has 0 fully saturated rings. The molecule has 0 saturated carbocycles. The zero-order valence-electron chi connectivity index (χ0n) is 12.4. The number of hydrogen-bond acceptors (Lipinski definition) is 4. The summed E-state index contributed by atoms with van der Waals surface area (Å²) in [6.07, 6.45) is 0. The first-order valence-corrected chi connectivity index (χ1v) is 6.60. The first-order chi connectivity index (χ1) is 9.95. The van der Waals surface area contributed by atoms with E-state index in [2.05, 4.69) is 25.6 Å². The van der Waals surface area contributed by atoms with Gasteiger partial charge in [-0.3, -0.25) is 14.6 Å². The van der Waals surface area contributed by atoms with Gasteiger partial charge in [-0.25, -0.2) is 4.98 Å². The van der Waals surface area contributed by atoms with E-state index in [0.717, 1.165) is 22.5 Å². The largest absolute Gasteiger partial charge is 0.305 e. The summed E-state index contributed by atoms with van der Waals surface area (Å²) < 4.78 is 1.69. The van der Waals surface area contributed by atoms with Crippen LogP contribution in [0.2, 0.25) is 0 Å². The summed E-state index contributed by atoms with van der Waals surface area (Å²) in [6, 6.07) is 3.55. The molecule has 7 heteroatoms. The monoisotopic (exact) mass is 284 g/mol. The van der Waals surface area contributed by atoms with Gasteiger partial charge >= 0.3 is 0 Å². The molecule has 0 aliphatic carbocycles. The second-order valence-corrected chi connectivity index (χ2v) is 5.11. The second-order valence-electron chi connectivity index (χ2n) is 5.11. The van der Waals surface area contributed by atoms with Crippen molar-refractivity contribution < 1.29 is 4.79 Å². The molecule has 0 radical (unpaired) electrons. The molecule has 0 aromatic carbocycles. The van der Waals surface area contributed by atoms with Crippen molar-refractivity contribution in [2.75, 3.05) is 5.32 Å². The molecule has 0 aliphatic heterocycles. The Labute approximate surface area is 121 Å². The summed E-state index contributed by atoms with van der Waals surface area (Å²) >= 11 is 0. The lowest BCUT2D eigenvalue weighted by molar-refractivity contribution is 0.102. The van der Waals surface area contributed by atoms with Gasteiger partial charge in [0.25, 0.3) is 5.91 Å². The molecule has 3 aromatic heterocycles. The van der Waals surface area contributed by atoms with E-state index >= 15 is 0 Å². The van der Waals surface area contributed by atoms with Crippen LogP contribution in [0.3, 0.4) is 0 Å². The van der Waals surface area contributed by atoms with Gasteiger partial charge in [0, 0.05) is 24.5 Å². The zero-order valence-corrected chi connectivity index (χ0v) is 12.4. The smallest absolute Gasteiger partial charge is 0.257 e. The summed E-state index contributed by atoms with van der Waals surface area (Å²) in [7, 11) is 1.82.